The van der Waals surface area contributed by atoms with Crippen LogP contribution in [0, 0.1) is 11.6 Å². The van der Waals surface area contributed by atoms with Crippen molar-refractivity contribution in [2.75, 3.05) is 4.72 Å². The Morgan fingerprint density at radius 1 is 0.897 bits per heavy atom. The van der Waals surface area contributed by atoms with Gasteiger partial charge in [-0.1, -0.05) is 42.5 Å². The Morgan fingerprint density at radius 3 is 2.24 bits per heavy atom. The van der Waals surface area contributed by atoms with Crippen LogP contribution in [-0.2, 0) is 10.0 Å². The molecule has 0 radical (unpaired) electrons. The minimum absolute atomic E-state index is 0.0231. The van der Waals surface area contributed by atoms with E-state index in [-0.39, 0.29) is 17.3 Å². The van der Waals surface area contributed by atoms with Crippen LogP contribution in [0.4, 0.5) is 14.5 Å². The van der Waals surface area contributed by atoms with Crippen LogP contribution >= 0.6 is 0 Å². The molecule has 0 saturated heterocycles. The molecular formula is C21H18F2N2O3S. The number of sulfonamides is 1. The Balaban J connectivity index is 1.85. The van der Waals surface area contributed by atoms with Crippen molar-refractivity contribution in [1.82, 2.24) is 5.32 Å². The van der Waals surface area contributed by atoms with E-state index in [0.29, 0.717) is 6.07 Å². The molecular weight excluding hydrogens is 398 g/mol. The first-order chi connectivity index (χ1) is 13.8. The third kappa shape index (κ3) is 4.78. The molecule has 0 aliphatic rings. The van der Waals surface area contributed by atoms with Gasteiger partial charge in [-0.25, -0.2) is 17.2 Å². The summed E-state index contributed by atoms with van der Waals surface area (Å²) in [6.07, 6.45) is 0. The standard InChI is InChI=1S/C21H18F2N2O3S/c1-14(15-7-3-2-4-8-15)24-21(26)17-9-5-6-10-20(17)25-29(27,28)16-11-12-18(22)19(23)13-16/h2-14,25H,1H3,(H,24,26). The Hall–Kier alpha value is -3.26. The minimum Gasteiger partial charge on any atom is -0.345 e. The van der Waals surface area contributed by atoms with E-state index < -0.39 is 32.5 Å². The van der Waals surface area contributed by atoms with Crippen LogP contribution in [0.25, 0.3) is 0 Å². The van der Waals surface area contributed by atoms with Crippen LogP contribution in [0.15, 0.2) is 77.7 Å². The maximum Gasteiger partial charge on any atom is 0.262 e. The fourth-order valence-corrected chi connectivity index (χ4v) is 3.81. The molecule has 5 nitrogen and oxygen atoms in total. The van der Waals surface area contributed by atoms with Gasteiger partial charge in [0.1, 0.15) is 0 Å². The Kier molecular flexibility index (Phi) is 5.93. The maximum atomic E-state index is 13.4. The summed E-state index contributed by atoms with van der Waals surface area (Å²) >= 11 is 0. The lowest BCUT2D eigenvalue weighted by Crippen LogP contribution is -2.28. The van der Waals surface area contributed by atoms with Gasteiger partial charge in [0.25, 0.3) is 15.9 Å². The van der Waals surface area contributed by atoms with Gasteiger partial charge in [-0.2, -0.15) is 0 Å². The summed E-state index contributed by atoms with van der Waals surface area (Å²) in [5.74, 6) is -2.92. The summed E-state index contributed by atoms with van der Waals surface area (Å²) in [6, 6.07) is 17.3. The third-order valence-electron chi connectivity index (χ3n) is 4.26. The van der Waals surface area contributed by atoms with Gasteiger partial charge in [0.05, 0.1) is 22.2 Å². The van der Waals surface area contributed by atoms with Gasteiger partial charge in [0.2, 0.25) is 0 Å². The molecule has 0 aliphatic carbocycles. The van der Waals surface area contributed by atoms with Gasteiger partial charge < -0.3 is 5.32 Å². The highest BCUT2D eigenvalue weighted by atomic mass is 32.2. The second-order valence-corrected chi connectivity index (χ2v) is 8.02. The number of anilines is 1. The first kappa shape index (κ1) is 20.5. The number of amides is 1. The lowest BCUT2D eigenvalue weighted by atomic mass is 10.1. The highest BCUT2D eigenvalue weighted by molar-refractivity contribution is 7.92. The van der Waals surface area contributed by atoms with Crippen molar-refractivity contribution in [3.8, 4) is 0 Å². The zero-order valence-electron chi connectivity index (χ0n) is 15.4. The van der Waals surface area contributed by atoms with Gasteiger partial charge >= 0.3 is 0 Å². The zero-order valence-corrected chi connectivity index (χ0v) is 16.2. The van der Waals surface area contributed by atoms with Crippen molar-refractivity contribution in [1.29, 1.82) is 0 Å². The van der Waals surface area contributed by atoms with E-state index in [1.54, 1.807) is 19.1 Å². The number of halogens is 2. The fraction of sp³-hybridized carbons (Fsp3) is 0.0952. The number of nitrogens with one attached hydrogen (secondary N) is 2. The molecule has 0 aliphatic heterocycles. The molecule has 1 amide bonds. The minimum atomic E-state index is -4.23. The highest BCUT2D eigenvalue weighted by Gasteiger charge is 2.21. The maximum absolute atomic E-state index is 13.4. The van der Waals surface area contributed by atoms with Gasteiger partial charge in [-0.15, -0.1) is 0 Å². The average Bonchev–Trinajstić information content (AvgIpc) is 2.70. The molecule has 0 heterocycles. The first-order valence-electron chi connectivity index (χ1n) is 8.70. The van der Waals surface area contributed by atoms with E-state index in [4.69, 9.17) is 0 Å². The van der Waals surface area contributed by atoms with Crippen LogP contribution in [-0.4, -0.2) is 14.3 Å². The molecule has 0 fully saturated rings. The Labute approximate surface area is 167 Å². The summed E-state index contributed by atoms with van der Waals surface area (Å²) in [6.45, 7) is 1.81. The van der Waals surface area contributed by atoms with Gasteiger partial charge in [0.15, 0.2) is 11.6 Å². The first-order valence-corrected chi connectivity index (χ1v) is 10.2. The molecule has 0 saturated carbocycles. The number of hydrogen-bond donors (Lipinski definition) is 2. The van der Waals surface area contributed by atoms with E-state index in [9.17, 15) is 22.0 Å². The van der Waals surface area contributed by atoms with Gasteiger partial charge in [-0.3, -0.25) is 9.52 Å². The van der Waals surface area contributed by atoms with Crippen LogP contribution in [0.2, 0.25) is 0 Å². The number of rotatable bonds is 6. The van der Waals surface area contributed by atoms with E-state index in [0.717, 1.165) is 17.7 Å². The summed E-state index contributed by atoms with van der Waals surface area (Å²) in [4.78, 5) is 12.3. The molecule has 3 aromatic rings. The molecule has 3 rings (SSSR count). The summed E-state index contributed by atoms with van der Waals surface area (Å²) in [5.41, 5.74) is 1.01. The molecule has 150 valence electrons. The van der Waals surface area contributed by atoms with Crippen LogP contribution in [0.1, 0.15) is 28.9 Å². The molecule has 3 aromatic carbocycles. The summed E-state index contributed by atoms with van der Waals surface area (Å²) in [7, 11) is -4.23. The molecule has 1 unspecified atom stereocenters. The summed E-state index contributed by atoms with van der Waals surface area (Å²) in [5, 5.41) is 2.81. The predicted octanol–water partition coefficient (Wildman–Crippen LogP) is 4.26. The van der Waals surface area contributed by atoms with Crippen LogP contribution < -0.4 is 10.0 Å². The molecule has 2 N–H and O–H groups in total. The smallest absolute Gasteiger partial charge is 0.262 e. The highest BCUT2D eigenvalue weighted by Crippen LogP contribution is 2.22. The fourth-order valence-electron chi connectivity index (χ4n) is 2.72. The van der Waals surface area contributed by atoms with Crippen molar-refractivity contribution < 1.29 is 22.0 Å². The van der Waals surface area contributed by atoms with Crippen LogP contribution in [0.3, 0.4) is 0 Å². The topological polar surface area (TPSA) is 75.3 Å². The van der Waals surface area contributed by atoms with E-state index >= 15 is 0 Å². The third-order valence-corrected chi connectivity index (χ3v) is 5.63. The Morgan fingerprint density at radius 2 is 1.55 bits per heavy atom. The molecule has 1 atom stereocenters. The molecule has 8 heteroatoms. The van der Waals surface area contributed by atoms with Crippen molar-refractivity contribution in [3.05, 3.63) is 95.6 Å². The summed E-state index contributed by atoms with van der Waals surface area (Å²) < 4.78 is 53.9. The second kappa shape index (κ2) is 8.40. The van der Waals surface area contributed by atoms with Gasteiger partial charge in [-0.05, 0) is 42.8 Å². The molecule has 29 heavy (non-hydrogen) atoms. The normalized spacial score (nSPS) is 12.2. The quantitative estimate of drug-likeness (QED) is 0.631. The number of carbonyl (C=O) groups is 1. The van der Waals surface area contributed by atoms with Crippen molar-refractivity contribution in [3.63, 3.8) is 0 Å². The predicted molar refractivity (Wildman–Crippen MR) is 106 cm³/mol. The SMILES string of the molecule is CC(NC(=O)c1ccccc1NS(=O)(=O)c1ccc(F)c(F)c1)c1ccccc1. The van der Waals surface area contributed by atoms with Gasteiger partial charge in [0, 0.05) is 0 Å². The lowest BCUT2D eigenvalue weighted by Gasteiger charge is -2.17. The van der Waals surface area contributed by atoms with Crippen LogP contribution in [0.5, 0.6) is 0 Å². The number of para-hydroxylation sites is 1. The Bertz CT molecular complexity index is 1140. The van der Waals surface area contributed by atoms with Crippen molar-refractivity contribution in [2.24, 2.45) is 0 Å². The zero-order chi connectivity index (χ0) is 21.0. The molecule has 0 spiro atoms. The monoisotopic (exact) mass is 416 g/mol. The lowest BCUT2D eigenvalue weighted by molar-refractivity contribution is 0.0941. The van der Waals surface area contributed by atoms with Crippen molar-refractivity contribution >= 4 is 21.6 Å². The van der Waals surface area contributed by atoms with E-state index in [1.807, 2.05) is 30.3 Å². The van der Waals surface area contributed by atoms with E-state index in [2.05, 4.69) is 10.0 Å². The average molecular weight is 416 g/mol. The number of carbonyl (C=O) groups excluding carboxylic acids is 1. The molecule has 0 aromatic heterocycles. The number of hydrogen-bond acceptors (Lipinski definition) is 3. The van der Waals surface area contributed by atoms with Crippen molar-refractivity contribution in [2.45, 2.75) is 17.9 Å². The molecule has 0 bridgehead atoms. The number of benzene rings is 3. The van der Waals surface area contributed by atoms with E-state index in [1.165, 1.54) is 12.1 Å². The largest absolute Gasteiger partial charge is 0.345 e. The second-order valence-electron chi connectivity index (χ2n) is 6.33.